The van der Waals surface area contributed by atoms with Gasteiger partial charge < -0.3 is 14.4 Å². The number of ether oxygens (including phenoxy) is 2. The highest BCUT2D eigenvalue weighted by molar-refractivity contribution is 7.98. The van der Waals surface area contributed by atoms with Crippen LogP contribution in [-0.4, -0.2) is 36.7 Å². The van der Waals surface area contributed by atoms with Crippen molar-refractivity contribution in [1.82, 2.24) is 9.62 Å². The Morgan fingerprint density at radius 2 is 1.88 bits per heavy atom. The van der Waals surface area contributed by atoms with E-state index < -0.39 is 0 Å². The second-order valence-electron chi connectivity index (χ2n) is 5.36. The number of nitrogens with zero attached hydrogens (tertiary/aromatic N) is 1. The highest BCUT2D eigenvalue weighted by Crippen LogP contribution is 2.31. The lowest BCUT2D eigenvalue weighted by Gasteiger charge is -2.30. The lowest BCUT2D eigenvalue weighted by Crippen LogP contribution is -2.46. The molecule has 2 aromatic rings. The maximum absolute atomic E-state index is 12.4. The number of carbonyl (C=O) groups is 1. The summed E-state index contributed by atoms with van der Waals surface area (Å²) in [5, 5.41) is 0. The SMILES string of the molecule is CCN(CC1COc2ccccc2O1)C(=O)NSc1ccccc1. The van der Waals surface area contributed by atoms with Gasteiger partial charge in [0.05, 0.1) is 6.54 Å². The number of urea groups is 1. The van der Waals surface area contributed by atoms with E-state index in [1.807, 2.05) is 61.5 Å². The number of nitrogens with one attached hydrogen (secondary N) is 1. The smallest absolute Gasteiger partial charge is 0.327 e. The molecule has 0 aromatic heterocycles. The zero-order chi connectivity index (χ0) is 16.8. The molecule has 0 fully saturated rings. The van der Waals surface area contributed by atoms with Crippen molar-refractivity contribution in [2.24, 2.45) is 0 Å². The molecule has 0 spiro atoms. The Labute approximate surface area is 146 Å². The minimum atomic E-state index is -0.174. The third-order valence-corrected chi connectivity index (χ3v) is 4.44. The van der Waals surface area contributed by atoms with Crippen LogP contribution in [0.3, 0.4) is 0 Å². The number of likely N-dealkylation sites (N-methyl/N-ethyl adjacent to an activating group) is 1. The third-order valence-electron chi connectivity index (χ3n) is 3.66. The van der Waals surface area contributed by atoms with E-state index in [1.165, 1.54) is 11.9 Å². The molecule has 2 aromatic carbocycles. The molecule has 0 saturated heterocycles. The van der Waals surface area contributed by atoms with Crippen molar-refractivity contribution in [2.45, 2.75) is 17.9 Å². The first-order valence-electron chi connectivity index (χ1n) is 7.91. The van der Waals surface area contributed by atoms with Crippen LogP contribution in [-0.2, 0) is 0 Å². The van der Waals surface area contributed by atoms with Crippen molar-refractivity contribution in [3.8, 4) is 11.5 Å². The molecule has 1 atom stereocenters. The fraction of sp³-hybridized carbons (Fsp3) is 0.278. The normalized spacial score (nSPS) is 15.6. The zero-order valence-corrected chi connectivity index (χ0v) is 14.3. The molecule has 6 heteroatoms. The fourth-order valence-electron chi connectivity index (χ4n) is 2.41. The molecule has 2 amide bonds. The van der Waals surface area contributed by atoms with Crippen LogP contribution in [0.15, 0.2) is 59.5 Å². The van der Waals surface area contributed by atoms with E-state index in [0.29, 0.717) is 19.7 Å². The van der Waals surface area contributed by atoms with Crippen LogP contribution >= 0.6 is 11.9 Å². The Bertz CT molecular complexity index is 681. The van der Waals surface area contributed by atoms with Crippen LogP contribution in [0.5, 0.6) is 11.5 Å². The summed E-state index contributed by atoms with van der Waals surface area (Å²) in [6.45, 7) is 3.46. The maximum Gasteiger partial charge on any atom is 0.327 e. The highest BCUT2D eigenvalue weighted by Gasteiger charge is 2.24. The van der Waals surface area contributed by atoms with Gasteiger partial charge in [-0.2, -0.15) is 0 Å². The molecule has 0 bridgehead atoms. The van der Waals surface area contributed by atoms with Crippen LogP contribution in [0.1, 0.15) is 6.92 Å². The third kappa shape index (κ3) is 4.14. The predicted molar refractivity (Wildman–Crippen MR) is 94.4 cm³/mol. The number of fused-ring (bicyclic) bond motifs is 1. The van der Waals surface area contributed by atoms with E-state index in [4.69, 9.17) is 9.47 Å². The maximum atomic E-state index is 12.4. The van der Waals surface area contributed by atoms with Gasteiger partial charge >= 0.3 is 6.03 Å². The molecule has 24 heavy (non-hydrogen) atoms. The summed E-state index contributed by atoms with van der Waals surface area (Å²) in [7, 11) is 0. The number of amides is 2. The van der Waals surface area contributed by atoms with Crippen molar-refractivity contribution in [3.05, 3.63) is 54.6 Å². The number of carbonyl (C=O) groups excluding carboxylic acids is 1. The van der Waals surface area contributed by atoms with E-state index in [9.17, 15) is 4.79 Å². The molecular weight excluding hydrogens is 324 g/mol. The number of para-hydroxylation sites is 2. The van der Waals surface area contributed by atoms with Gasteiger partial charge in [-0.25, -0.2) is 4.79 Å². The van der Waals surface area contributed by atoms with E-state index in [2.05, 4.69) is 4.72 Å². The second kappa shape index (κ2) is 7.97. The average Bonchev–Trinajstić information content (AvgIpc) is 2.65. The van der Waals surface area contributed by atoms with Crippen LogP contribution in [0.25, 0.3) is 0 Å². The molecule has 126 valence electrons. The molecule has 1 unspecified atom stereocenters. The van der Waals surface area contributed by atoms with E-state index in [1.54, 1.807) is 4.90 Å². The largest absolute Gasteiger partial charge is 0.486 e. The van der Waals surface area contributed by atoms with Gasteiger partial charge in [0.2, 0.25) is 0 Å². The summed E-state index contributed by atoms with van der Waals surface area (Å²) in [6.07, 6.45) is -0.174. The van der Waals surface area contributed by atoms with Gasteiger partial charge in [0.15, 0.2) is 17.6 Å². The summed E-state index contributed by atoms with van der Waals surface area (Å²) in [4.78, 5) is 15.1. The number of hydrogen-bond acceptors (Lipinski definition) is 4. The molecule has 1 aliphatic heterocycles. The summed E-state index contributed by atoms with van der Waals surface area (Å²) >= 11 is 1.31. The quantitative estimate of drug-likeness (QED) is 0.843. The molecule has 5 nitrogen and oxygen atoms in total. The van der Waals surface area contributed by atoms with Crippen LogP contribution in [0.4, 0.5) is 4.79 Å². The van der Waals surface area contributed by atoms with Gasteiger partial charge in [0, 0.05) is 11.4 Å². The molecule has 1 N–H and O–H groups in total. The molecular formula is C18H20N2O3S. The van der Waals surface area contributed by atoms with Gasteiger partial charge in [-0.3, -0.25) is 4.72 Å². The lowest BCUT2D eigenvalue weighted by molar-refractivity contribution is 0.0683. The summed E-state index contributed by atoms with van der Waals surface area (Å²) < 4.78 is 14.5. The molecule has 0 radical (unpaired) electrons. The molecule has 3 rings (SSSR count). The highest BCUT2D eigenvalue weighted by atomic mass is 32.2. The van der Waals surface area contributed by atoms with Crippen LogP contribution < -0.4 is 14.2 Å². The van der Waals surface area contributed by atoms with Gasteiger partial charge in [-0.15, -0.1) is 0 Å². The minimum Gasteiger partial charge on any atom is -0.486 e. The van der Waals surface area contributed by atoms with Gasteiger partial charge in [-0.05, 0) is 43.1 Å². The Hall–Kier alpha value is -2.34. The monoisotopic (exact) mass is 344 g/mol. The molecule has 0 aliphatic carbocycles. The van der Waals surface area contributed by atoms with Gasteiger partial charge in [-0.1, -0.05) is 30.3 Å². The fourth-order valence-corrected chi connectivity index (χ4v) is 3.04. The van der Waals surface area contributed by atoms with Crippen LogP contribution in [0, 0.1) is 0 Å². The standard InChI is InChI=1S/C18H20N2O3S/c1-2-20(18(21)19-24-15-8-4-3-5-9-15)12-14-13-22-16-10-6-7-11-17(16)23-14/h3-11,14H,2,12-13H2,1H3,(H,19,21). The first-order valence-corrected chi connectivity index (χ1v) is 8.73. The topological polar surface area (TPSA) is 50.8 Å². The Kier molecular flexibility index (Phi) is 5.48. The summed E-state index contributed by atoms with van der Waals surface area (Å²) in [5.74, 6) is 1.48. The Balaban J connectivity index is 1.54. The minimum absolute atomic E-state index is 0.131. The Morgan fingerprint density at radius 1 is 1.17 bits per heavy atom. The Morgan fingerprint density at radius 3 is 2.62 bits per heavy atom. The summed E-state index contributed by atoms with van der Waals surface area (Å²) in [5.41, 5.74) is 0. The zero-order valence-electron chi connectivity index (χ0n) is 13.5. The van der Waals surface area contributed by atoms with Crippen molar-refractivity contribution in [3.63, 3.8) is 0 Å². The second-order valence-corrected chi connectivity index (χ2v) is 6.24. The van der Waals surface area contributed by atoms with E-state index in [0.717, 1.165) is 16.4 Å². The molecule has 1 aliphatic rings. The first-order chi connectivity index (χ1) is 11.8. The number of rotatable bonds is 5. The van der Waals surface area contributed by atoms with Crippen molar-refractivity contribution in [2.75, 3.05) is 19.7 Å². The van der Waals surface area contributed by atoms with E-state index in [-0.39, 0.29) is 12.1 Å². The first kappa shape index (κ1) is 16.5. The van der Waals surface area contributed by atoms with Crippen molar-refractivity contribution >= 4 is 18.0 Å². The van der Waals surface area contributed by atoms with E-state index >= 15 is 0 Å². The lowest BCUT2D eigenvalue weighted by atomic mass is 10.2. The van der Waals surface area contributed by atoms with Gasteiger partial charge in [0.25, 0.3) is 0 Å². The summed E-state index contributed by atoms with van der Waals surface area (Å²) in [6, 6.07) is 17.2. The predicted octanol–water partition coefficient (Wildman–Crippen LogP) is 3.57. The average molecular weight is 344 g/mol. The van der Waals surface area contributed by atoms with Gasteiger partial charge in [0.1, 0.15) is 6.61 Å². The number of benzene rings is 2. The van der Waals surface area contributed by atoms with Crippen molar-refractivity contribution in [1.29, 1.82) is 0 Å². The van der Waals surface area contributed by atoms with Crippen molar-refractivity contribution < 1.29 is 14.3 Å². The molecule has 1 heterocycles. The molecule has 0 saturated carbocycles. The van der Waals surface area contributed by atoms with Crippen LogP contribution in [0.2, 0.25) is 0 Å². The number of hydrogen-bond donors (Lipinski definition) is 1.